The predicted octanol–water partition coefficient (Wildman–Crippen LogP) is 8.86. The van der Waals surface area contributed by atoms with Crippen LogP contribution in [-0.2, 0) is 23.7 Å². The van der Waals surface area contributed by atoms with Gasteiger partial charge < -0.3 is 39.4 Å². The van der Waals surface area contributed by atoms with E-state index in [0.717, 1.165) is 38.5 Å². The van der Waals surface area contributed by atoms with E-state index in [1.54, 1.807) is 0 Å². The quantitative estimate of drug-likeness (QED) is 0.0284. The van der Waals surface area contributed by atoms with E-state index >= 15 is 0 Å². The summed E-state index contributed by atoms with van der Waals surface area (Å²) in [5.74, 6) is -0.313. The van der Waals surface area contributed by atoms with Gasteiger partial charge in [0.15, 0.2) is 6.29 Å². The summed E-state index contributed by atoms with van der Waals surface area (Å²) in [5.41, 5.74) is 0. The van der Waals surface area contributed by atoms with Crippen LogP contribution in [0.4, 0.5) is 0 Å². The van der Waals surface area contributed by atoms with Crippen molar-refractivity contribution in [1.82, 2.24) is 0 Å². The predicted molar refractivity (Wildman–Crippen MR) is 206 cm³/mol. The molecule has 6 unspecified atom stereocenters. The van der Waals surface area contributed by atoms with Crippen LogP contribution < -0.4 is 0 Å². The zero-order valence-electron chi connectivity index (χ0n) is 32.9. The summed E-state index contributed by atoms with van der Waals surface area (Å²) < 4.78 is 22.7. The summed E-state index contributed by atoms with van der Waals surface area (Å²) in [4.78, 5) is 12.7. The van der Waals surface area contributed by atoms with Gasteiger partial charge in [-0.05, 0) is 32.1 Å². The molecule has 4 N–H and O–H groups in total. The van der Waals surface area contributed by atoms with Crippen molar-refractivity contribution < 1.29 is 44.2 Å². The molecule has 0 bridgehead atoms. The van der Waals surface area contributed by atoms with Crippen LogP contribution in [0.5, 0.6) is 0 Å². The highest BCUT2D eigenvalue weighted by molar-refractivity contribution is 5.69. The number of allylic oxidation sites excluding steroid dienone is 2. The number of unbranched alkanes of at least 4 members (excludes halogenated alkanes) is 23. The van der Waals surface area contributed by atoms with Gasteiger partial charge in [0, 0.05) is 13.0 Å². The summed E-state index contributed by atoms with van der Waals surface area (Å²) >= 11 is 0. The van der Waals surface area contributed by atoms with Crippen LogP contribution in [0.3, 0.4) is 0 Å². The summed E-state index contributed by atoms with van der Waals surface area (Å²) in [6.45, 7) is 4.51. The molecular weight excluding hydrogens is 648 g/mol. The molecule has 1 aliphatic rings. The number of rotatable bonds is 36. The molecule has 0 aromatic heterocycles. The molecule has 1 rings (SSSR count). The molecule has 9 nitrogen and oxygen atoms in total. The molecular formula is C42H80O9. The SMILES string of the molecule is CCC/C=C\CCCCCCCCOCC(COC1OC(CO)C(O)C(O)C1O)OC(=O)CCCCCCCCCCCCCCCCCCC. The molecule has 0 spiro atoms. The third-order valence-corrected chi connectivity index (χ3v) is 9.91. The normalized spacial score (nSPS) is 21.4. The summed E-state index contributed by atoms with van der Waals surface area (Å²) in [6, 6.07) is 0. The number of carbonyl (C=O) groups excluding carboxylic acids is 1. The lowest BCUT2D eigenvalue weighted by Gasteiger charge is -2.39. The van der Waals surface area contributed by atoms with E-state index in [4.69, 9.17) is 18.9 Å². The van der Waals surface area contributed by atoms with Gasteiger partial charge in [0.05, 0.1) is 19.8 Å². The molecule has 0 saturated carbocycles. The van der Waals surface area contributed by atoms with Crippen molar-refractivity contribution in [2.75, 3.05) is 26.4 Å². The number of hydrogen-bond donors (Lipinski definition) is 4. The van der Waals surface area contributed by atoms with Gasteiger partial charge in [-0.15, -0.1) is 0 Å². The first kappa shape index (κ1) is 48.0. The molecule has 302 valence electrons. The van der Waals surface area contributed by atoms with Crippen LogP contribution in [0.1, 0.15) is 187 Å². The summed E-state index contributed by atoms with van der Waals surface area (Å²) in [6.07, 6.45) is 29.5. The van der Waals surface area contributed by atoms with Crippen LogP contribution in [0.15, 0.2) is 12.2 Å². The lowest BCUT2D eigenvalue weighted by molar-refractivity contribution is -0.305. The van der Waals surface area contributed by atoms with Crippen molar-refractivity contribution in [3.63, 3.8) is 0 Å². The van der Waals surface area contributed by atoms with Gasteiger partial charge in [0.1, 0.15) is 30.5 Å². The Morgan fingerprint density at radius 1 is 0.608 bits per heavy atom. The van der Waals surface area contributed by atoms with Crippen LogP contribution >= 0.6 is 0 Å². The molecule has 6 atom stereocenters. The number of hydrogen-bond acceptors (Lipinski definition) is 9. The fraction of sp³-hybridized carbons (Fsp3) is 0.929. The van der Waals surface area contributed by atoms with Gasteiger partial charge in [0.25, 0.3) is 0 Å². The topological polar surface area (TPSA) is 135 Å². The van der Waals surface area contributed by atoms with E-state index < -0.39 is 43.4 Å². The molecule has 0 amide bonds. The van der Waals surface area contributed by atoms with Crippen LogP contribution in [0.25, 0.3) is 0 Å². The Hall–Kier alpha value is -1.07. The van der Waals surface area contributed by atoms with Crippen molar-refractivity contribution in [2.24, 2.45) is 0 Å². The van der Waals surface area contributed by atoms with Crippen molar-refractivity contribution >= 4 is 5.97 Å². The average molecular weight is 729 g/mol. The lowest BCUT2D eigenvalue weighted by atomic mass is 9.99. The van der Waals surface area contributed by atoms with Crippen LogP contribution in [0.2, 0.25) is 0 Å². The van der Waals surface area contributed by atoms with Crippen LogP contribution in [0, 0.1) is 0 Å². The Labute approximate surface area is 312 Å². The largest absolute Gasteiger partial charge is 0.457 e. The minimum atomic E-state index is -1.53. The Kier molecular flexibility index (Phi) is 32.6. The molecule has 1 heterocycles. The second-order valence-corrected chi connectivity index (χ2v) is 14.8. The molecule has 1 saturated heterocycles. The van der Waals surface area contributed by atoms with E-state index in [2.05, 4.69) is 26.0 Å². The van der Waals surface area contributed by atoms with Gasteiger partial charge in [0.2, 0.25) is 0 Å². The molecule has 0 aromatic carbocycles. The Balaban J connectivity index is 2.26. The molecule has 0 aromatic rings. The molecule has 9 heteroatoms. The minimum Gasteiger partial charge on any atom is -0.457 e. The Morgan fingerprint density at radius 2 is 1.12 bits per heavy atom. The number of esters is 1. The minimum absolute atomic E-state index is 0.111. The molecule has 1 fully saturated rings. The smallest absolute Gasteiger partial charge is 0.306 e. The van der Waals surface area contributed by atoms with E-state index in [1.165, 1.54) is 128 Å². The second kappa shape index (κ2) is 34.7. The van der Waals surface area contributed by atoms with Gasteiger partial charge >= 0.3 is 5.97 Å². The monoisotopic (exact) mass is 729 g/mol. The fourth-order valence-electron chi connectivity index (χ4n) is 6.55. The second-order valence-electron chi connectivity index (χ2n) is 14.8. The highest BCUT2D eigenvalue weighted by Crippen LogP contribution is 2.22. The van der Waals surface area contributed by atoms with Crippen LogP contribution in [-0.4, -0.2) is 89.6 Å². The average Bonchev–Trinajstić information content (AvgIpc) is 3.13. The highest BCUT2D eigenvalue weighted by atomic mass is 16.7. The number of aliphatic hydroxyl groups excluding tert-OH is 4. The molecule has 1 aliphatic heterocycles. The van der Waals surface area contributed by atoms with Crippen molar-refractivity contribution in [2.45, 2.75) is 224 Å². The van der Waals surface area contributed by atoms with E-state index in [9.17, 15) is 25.2 Å². The maximum Gasteiger partial charge on any atom is 0.306 e. The van der Waals surface area contributed by atoms with E-state index in [1.807, 2.05) is 0 Å². The Morgan fingerprint density at radius 3 is 1.67 bits per heavy atom. The molecule has 0 radical (unpaired) electrons. The number of aliphatic hydroxyl groups is 4. The molecule has 0 aliphatic carbocycles. The van der Waals surface area contributed by atoms with Gasteiger partial charge in [-0.2, -0.15) is 0 Å². The Bertz CT molecular complexity index is 792. The standard InChI is InChI=1S/C42H80O9/c1-3-5-7-9-11-13-15-16-17-18-19-20-21-23-25-27-29-31-38(44)50-36(35-49-42-41(47)40(46)39(45)37(33-43)51-42)34-48-32-30-28-26-24-22-14-12-10-8-6-4-2/h8,10,36-37,39-43,45-47H,3-7,9,11-35H2,1-2H3/b10-8-. The molecule has 51 heavy (non-hydrogen) atoms. The van der Waals surface area contributed by atoms with Gasteiger partial charge in [-0.3, -0.25) is 4.79 Å². The number of ether oxygens (including phenoxy) is 4. The van der Waals surface area contributed by atoms with Gasteiger partial charge in [-0.1, -0.05) is 161 Å². The lowest BCUT2D eigenvalue weighted by Crippen LogP contribution is -2.59. The summed E-state index contributed by atoms with van der Waals surface area (Å²) in [7, 11) is 0. The van der Waals surface area contributed by atoms with Crippen molar-refractivity contribution in [3.8, 4) is 0 Å². The first-order valence-electron chi connectivity index (χ1n) is 21.3. The van der Waals surface area contributed by atoms with Crippen molar-refractivity contribution in [1.29, 1.82) is 0 Å². The van der Waals surface area contributed by atoms with Gasteiger partial charge in [-0.25, -0.2) is 0 Å². The first-order chi connectivity index (χ1) is 24.9. The number of carbonyl (C=O) groups is 1. The first-order valence-corrected chi connectivity index (χ1v) is 21.3. The fourth-order valence-corrected chi connectivity index (χ4v) is 6.55. The zero-order chi connectivity index (χ0) is 37.2. The van der Waals surface area contributed by atoms with E-state index in [0.29, 0.717) is 13.0 Å². The maximum atomic E-state index is 12.7. The van der Waals surface area contributed by atoms with Crippen molar-refractivity contribution in [3.05, 3.63) is 12.2 Å². The third kappa shape index (κ3) is 26.4. The highest BCUT2D eigenvalue weighted by Gasteiger charge is 2.44. The third-order valence-electron chi connectivity index (χ3n) is 9.91. The zero-order valence-corrected chi connectivity index (χ0v) is 32.9. The summed E-state index contributed by atoms with van der Waals surface area (Å²) in [5, 5.41) is 40.0. The maximum absolute atomic E-state index is 12.7. The van der Waals surface area contributed by atoms with E-state index in [-0.39, 0.29) is 19.2 Å².